The van der Waals surface area contributed by atoms with Crippen LogP contribution in [0.5, 0.6) is 0 Å². The highest BCUT2D eigenvalue weighted by molar-refractivity contribution is 5.82. The van der Waals surface area contributed by atoms with E-state index in [1.54, 1.807) is 30.5 Å². The Hall–Kier alpha value is -1.68. The van der Waals surface area contributed by atoms with Crippen molar-refractivity contribution in [1.82, 2.24) is 5.43 Å². The van der Waals surface area contributed by atoms with E-state index in [4.69, 9.17) is 0 Å². The standard InChI is InChI=1S/C12H16N2O2/c1-9(2)8-13-14-12(16)11(15)10-6-4-3-5-7-10/h3-9,11,15H,1-2H3,(H,14,16)/b13-8+. The van der Waals surface area contributed by atoms with Gasteiger partial charge in [-0.15, -0.1) is 0 Å². The maximum Gasteiger partial charge on any atom is 0.273 e. The fourth-order valence-corrected chi connectivity index (χ4v) is 1.10. The van der Waals surface area contributed by atoms with Crippen molar-refractivity contribution < 1.29 is 9.90 Å². The molecule has 1 unspecified atom stereocenters. The third-order valence-corrected chi connectivity index (χ3v) is 1.91. The van der Waals surface area contributed by atoms with Crippen LogP contribution in [-0.4, -0.2) is 17.2 Å². The lowest BCUT2D eigenvalue weighted by Gasteiger charge is -2.08. The molecular formula is C12H16N2O2. The highest BCUT2D eigenvalue weighted by atomic mass is 16.3. The van der Waals surface area contributed by atoms with Gasteiger partial charge >= 0.3 is 0 Å². The van der Waals surface area contributed by atoms with Crippen molar-refractivity contribution in [3.05, 3.63) is 35.9 Å². The van der Waals surface area contributed by atoms with Crippen molar-refractivity contribution in [2.75, 3.05) is 0 Å². The predicted octanol–water partition coefficient (Wildman–Crippen LogP) is 1.48. The molecule has 1 aromatic rings. The van der Waals surface area contributed by atoms with Gasteiger partial charge in [-0.3, -0.25) is 4.79 Å². The average Bonchev–Trinajstić information content (AvgIpc) is 2.28. The first-order chi connectivity index (χ1) is 7.61. The minimum absolute atomic E-state index is 0.258. The summed E-state index contributed by atoms with van der Waals surface area (Å²) in [5.74, 6) is -0.266. The van der Waals surface area contributed by atoms with Gasteiger partial charge in [-0.25, -0.2) is 5.43 Å². The number of rotatable bonds is 4. The summed E-state index contributed by atoms with van der Waals surface area (Å²) < 4.78 is 0. The molecule has 1 atom stereocenters. The van der Waals surface area contributed by atoms with E-state index in [9.17, 15) is 9.90 Å². The molecule has 16 heavy (non-hydrogen) atoms. The number of hydrogen-bond acceptors (Lipinski definition) is 3. The molecule has 0 heterocycles. The lowest BCUT2D eigenvalue weighted by Crippen LogP contribution is -2.25. The molecule has 0 radical (unpaired) electrons. The van der Waals surface area contributed by atoms with Crippen LogP contribution in [0.4, 0.5) is 0 Å². The first-order valence-electron chi connectivity index (χ1n) is 5.17. The quantitative estimate of drug-likeness (QED) is 0.596. The van der Waals surface area contributed by atoms with Crippen LogP contribution in [0, 0.1) is 5.92 Å². The van der Waals surface area contributed by atoms with E-state index < -0.39 is 12.0 Å². The summed E-state index contributed by atoms with van der Waals surface area (Å²) in [5.41, 5.74) is 2.85. The Kier molecular flexibility index (Phi) is 4.66. The van der Waals surface area contributed by atoms with Gasteiger partial charge in [-0.05, 0) is 11.5 Å². The zero-order chi connectivity index (χ0) is 12.0. The number of carbonyl (C=O) groups is 1. The lowest BCUT2D eigenvalue weighted by molar-refractivity contribution is -0.129. The van der Waals surface area contributed by atoms with Crippen LogP contribution in [0.1, 0.15) is 25.5 Å². The number of benzene rings is 1. The van der Waals surface area contributed by atoms with Gasteiger partial charge in [-0.1, -0.05) is 44.2 Å². The molecule has 0 bridgehead atoms. The largest absolute Gasteiger partial charge is 0.378 e. The molecule has 0 aliphatic rings. The molecule has 0 spiro atoms. The van der Waals surface area contributed by atoms with E-state index in [2.05, 4.69) is 10.5 Å². The van der Waals surface area contributed by atoms with E-state index >= 15 is 0 Å². The van der Waals surface area contributed by atoms with Crippen molar-refractivity contribution in [1.29, 1.82) is 0 Å². The molecule has 0 saturated heterocycles. The van der Waals surface area contributed by atoms with Crippen LogP contribution in [0.25, 0.3) is 0 Å². The Morgan fingerprint density at radius 2 is 2.00 bits per heavy atom. The second-order valence-corrected chi connectivity index (χ2v) is 3.81. The van der Waals surface area contributed by atoms with Gasteiger partial charge in [0.1, 0.15) is 0 Å². The maximum absolute atomic E-state index is 11.5. The molecule has 1 aromatic carbocycles. The Morgan fingerprint density at radius 3 is 2.56 bits per heavy atom. The van der Waals surface area contributed by atoms with Gasteiger partial charge < -0.3 is 5.11 Å². The van der Waals surface area contributed by atoms with Crippen molar-refractivity contribution in [3.8, 4) is 0 Å². The van der Waals surface area contributed by atoms with Gasteiger partial charge in [0.05, 0.1) is 0 Å². The number of aliphatic hydroxyl groups is 1. The summed E-state index contributed by atoms with van der Waals surface area (Å²) in [5, 5.41) is 13.4. The molecule has 0 aliphatic carbocycles. The molecule has 1 amide bonds. The van der Waals surface area contributed by atoms with Gasteiger partial charge in [-0.2, -0.15) is 5.10 Å². The Morgan fingerprint density at radius 1 is 1.38 bits per heavy atom. The number of nitrogens with zero attached hydrogens (tertiary/aromatic N) is 1. The maximum atomic E-state index is 11.5. The van der Waals surface area contributed by atoms with Crippen molar-refractivity contribution in [3.63, 3.8) is 0 Å². The molecule has 4 nitrogen and oxygen atoms in total. The summed E-state index contributed by atoms with van der Waals surface area (Å²) in [6.45, 7) is 3.90. The lowest BCUT2D eigenvalue weighted by atomic mass is 10.1. The zero-order valence-electron chi connectivity index (χ0n) is 9.42. The monoisotopic (exact) mass is 220 g/mol. The molecule has 0 aliphatic heterocycles. The molecule has 0 fully saturated rings. The Bertz CT molecular complexity index is 361. The first-order valence-corrected chi connectivity index (χ1v) is 5.17. The van der Waals surface area contributed by atoms with Crippen LogP contribution < -0.4 is 5.43 Å². The number of aliphatic hydroxyl groups excluding tert-OH is 1. The number of nitrogens with one attached hydrogen (secondary N) is 1. The van der Waals surface area contributed by atoms with Crippen LogP contribution in [0.2, 0.25) is 0 Å². The van der Waals surface area contributed by atoms with Crippen molar-refractivity contribution in [2.24, 2.45) is 11.0 Å². The molecule has 2 N–H and O–H groups in total. The van der Waals surface area contributed by atoms with Gasteiger partial charge in [0.15, 0.2) is 6.10 Å². The number of hydrazone groups is 1. The molecule has 4 heteroatoms. The molecular weight excluding hydrogens is 204 g/mol. The summed E-state index contributed by atoms with van der Waals surface area (Å²) in [6.07, 6.45) is 0.431. The fraction of sp³-hybridized carbons (Fsp3) is 0.333. The summed E-state index contributed by atoms with van der Waals surface area (Å²) in [6, 6.07) is 8.74. The predicted molar refractivity (Wildman–Crippen MR) is 62.9 cm³/mol. The van der Waals surface area contributed by atoms with E-state index in [1.165, 1.54) is 0 Å². The van der Waals surface area contributed by atoms with E-state index in [-0.39, 0.29) is 5.92 Å². The second kappa shape index (κ2) is 6.02. The normalized spacial score (nSPS) is 13.0. The van der Waals surface area contributed by atoms with Crippen molar-refractivity contribution in [2.45, 2.75) is 20.0 Å². The molecule has 1 rings (SSSR count). The Balaban J connectivity index is 2.55. The zero-order valence-corrected chi connectivity index (χ0v) is 9.42. The molecule has 0 aromatic heterocycles. The van der Waals surface area contributed by atoms with Gasteiger partial charge in [0.2, 0.25) is 0 Å². The van der Waals surface area contributed by atoms with E-state index in [0.717, 1.165) is 0 Å². The highest BCUT2D eigenvalue weighted by Gasteiger charge is 2.15. The Labute approximate surface area is 95.0 Å². The summed E-state index contributed by atoms with van der Waals surface area (Å²) >= 11 is 0. The SMILES string of the molecule is CC(C)/C=N/NC(=O)C(O)c1ccccc1. The summed E-state index contributed by atoms with van der Waals surface area (Å²) in [4.78, 5) is 11.5. The van der Waals surface area contributed by atoms with E-state index in [0.29, 0.717) is 5.56 Å². The average molecular weight is 220 g/mol. The van der Waals surface area contributed by atoms with Crippen LogP contribution >= 0.6 is 0 Å². The topological polar surface area (TPSA) is 61.7 Å². The summed E-state index contributed by atoms with van der Waals surface area (Å²) in [7, 11) is 0. The minimum atomic E-state index is -1.18. The van der Waals surface area contributed by atoms with Crippen molar-refractivity contribution >= 4 is 12.1 Å². The number of hydrogen-bond donors (Lipinski definition) is 2. The third kappa shape index (κ3) is 3.82. The minimum Gasteiger partial charge on any atom is -0.378 e. The van der Waals surface area contributed by atoms with Gasteiger partial charge in [0.25, 0.3) is 5.91 Å². The molecule has 0 saturated carbocycles. The number of carbonyl (C=O) groups excluding carboxylic acids is 1. The van der Waals surface area contributed by atoms with E-state index in [1.807, 2.05) is 19.9 Å². The smallest absolute Gasteiger partial charge is 0.273 e. The van der Waals surface area contributed by atoms with Crippen LogP contribution in [0.15, 0.2) is 35.4 Å². The van der Waals surface area contributed by atoms with Crippen LogP contribution in [-0.2, 0) is 4.79 Å². The number of amides is 1. The third-order valence-electron chi connectivity index (χ3n) is 1.91. The van der Waals surface area contributed by atoms with Gasteiger partial charge in [0, 0.05) is 6.21 Å². The first kappa shape index (κ1) is 12.4. The second-order valence-electron chi connectivity index (χ2n) is 3.81. The molecule has 86 valence electrons. The highest BCUT2D eigenvalue weighted by Crippen LogP contribution is 2.11. The fourth-order valence-electron chi connectivity index (χ4n) is 1.10. The van der Waals surface area contributed by atoms with Crippen LogP contribution in [0.3, 0.4) is 0 Å².